The SMILES string of the molecule is CS[C@H]1CCC[C@@H]1N(C)Cc1csc(C)n1. The summed E-state index contributed by atoms with van der Waals surface area (Å²) in [5.41, 5.74) is 1.23. The van der Waals surface area contributed by atoms with Crippen molar-refractivity contribution in [1.29, 1.82) is 0 Å². The number of hydrogen-bond acceptors (Lipinski definition) is 4. The Hall–Kier alpha value is -0.0600. The van der Waals surface area contributed by atoms with Crippen LogP contribution in [0, 0.1) is 6.92 Å². The lowest BCUT2D eigenvalue weighted by molar-refractivity contribution is 0.239. The molecule has 1 aromatic rings. The molecule has 2 rings (SSSR count). The maximum absolute atomic E-state index is 4.54. The Morgan fingerprint density at radius 3 is 3.00 bits per heavy atom. The third-order valence-corrected chi connectivity index (χ3v) is 5.34. The highest BCUT2D eigenvalue weighted by molar-refractivity contribution is 7.99. The van der Waals surface area contributed by atoms with Gasteiger partial charge in [0.1, 0.15) is 0 Å². The fourth-order valence-electron chi connectivity index (χ4n) is 2.54. The standard InChI is InChI=1S/C12H20N2S2/c1-9-13-10(8-16-9)7-14(2)11-5-4-6-12(11)15-3/h8,11-12H,4-7H2,1-3H3/t11-,12-/m0/s1. The molecule has 0 radical (unpaired) electrons. The van der Waals surface area contributed by atoms with E-state index >= 15 is 0 Å². The lowest BCUT2D eigenvalue weighted by Gasteiger charge is -2.28. The van der Waals surface area contributed by atoms with Crippen molar-refractivity contribution in [3.05, 3.63) is 16.1 Å². The lowest BCUT2D eigenvalue weighted by atomic mass is 10.2. The van der Waals surface area contributed by atoms with Gasteiger partial charge in [-0.15, -0.1) is 11.3 Å². The van der Waals surface area contributed by atoms with Crippen molar-refractivity contribution in [3.63, 3.8) is 0 Å². The Morgan fingerprint density at radius 2 is 2.38 bits per heavy atom. The van der Waals surface area contributed by atoms with Crippen LogP contribution in [-0.4, -0.2) is 34.5 Å². The molecule has 0 unspecified atom stereocenters. The highest BCUT2D eigenvalue weighted by Gasteiger charge is 2.29. The van der Waals surface area contributed by atoms with E-state index in [1.54, 1.807) is 11.3 Å². The minimum Gasteiger partial charge on any atom is -0.296 e. The molecule has 0 bridgehead atoms. The smallest absolute Gasteiger partial charge is 0.0897 e. The molecule has 0 aromatic carbocycles. The van der Waals surface area contributed by atoms with Gasteiger partial charge < -0.3 is 0 Å². The molecule has 1 fully saturated rings. The van der Waals surface area contributed by atoms with Crippen molar-refractivity contribution in [2.75, 3.05) is 13.3 Å². The van der Waals surface area contributed by atoms with Gasteiger partial charge in [-0.05, 0) is 33.1 Å². The average Bonchev–Trinajstić information content (AvgIpc) is 2.86. The highest BCUT2D eigenvalue weighted by atomic mass is 32.2. The number of thioether (sulfide) groups is 1. The van der Waals surface area contributed by atoms with Gasteiger partial charge in [0.05, 0.1) is 10.7 Å². The molecule has 1 heterocycles. The molecule has 0 aliphatic heterocycles. The van der Waals surface area contributed by atoms with Gasteiger partial charge >= 0.3 is 0 Å². The van der Waals surface area contributed by atoms with Crippen molar-refractivity contribution in [2.45, 2.75) is 44.0 Å². The summed E-state index contributed by atoms with van der Waals surface area (Å²) in [7, 11) is 2.24. The number of thiazole rings is 1. The maximum atomic E-state index is 4.54. The second-order valence-electron chi connectivity index (χ2n) is 4.55. The summed E-state index contributed by atoms with van der Waals surface area (Å²) in [6.45, 7) is 3.08. The second-order valence-corrected chi connectivity index (χ2v) is 6.68. The number of rotatable bonds is 4. The van der Waals surface area contributed by atoms with Crippen LogP contribution >= 0.6 is 23.1 Å². The molecule has 0 spiro atoms. The van der Waals surface area contributed by atoms with Gasteiger partial charge in [-0.2, -0.15) is 11.8 Å². The van der Waals surface area contributed by atoms with Crippen LogP contribution in [0.3, 0.4) is 0 Å². The summed E-state index contributed by atoms with van der Waals surface area (Å²) >= 11 is 3.78. The van der Waals surface area contributed by atoms with Crippen LogP contribution < -0.4 is 0 Å². The molecule has 0 N–H and O–H groups in total. The van der Waals surface area contributed by atoms with Crippen LogP contribution in [0.15, 0.2) is 5.38 Å². The summed E-state index contributed by atoms with van der Waals surface area (Å²) in [5.74, 6) is 0. The lowest BCUT2D eigenvalue weighted by Crippen LogP contribution is -2.35. The van der Waals surface area contributed by atoms with E-state index in [-0.39, 0.29) is 0 Å². The first kappa shape index (κ1) is 12.4. The van der Waals surface area contributed by atoms with Crippen molar-refractivity contribution in [1.82, 2.24) is 9.88 Å². The predicted molar refractivity (Wildman–Crippen MR) is 73.3 cm³/mol. The largest absolute Gasteiger partial charge is 0.296 e. The molecule has 0 saturated heterocycles. The minimum atomic E-state index is 0.747. The first-order valence-corrected chi connectivity index (χ1v) is 8.01. The third kappa shape index (κ3) is 2.79. The van der Waals surface area contributed by atoms with Crippen molar-refractivity contribution < 1.29 is 0 Å². The topological polar surface area (TPSA) is 16.1 Å². The van der Waals surface area contributed by atoms with Gasteiger partial charge in [-0.25, -0.2) is 4.98 Å². The molecule has 1 aliphatic carbocycles. The molecule has 90 valence electrons. The summed E-state index contributed by atoms with van der Waals surface area (Å²) in [4.78, 5) is 7.03. The van der Waals surface area contributed by atoms with E-state index in [4.69, 9.17) is 0 Å². The minimum absolute atomic E-state index is 0.747. The van der Waals surface area contributed by atoms with Gasteiger partial charge in [-0.3, -0.25) is 4.90 Å². The Bertz CT molecular complexity index is 338. The van der Waals surface area contributed by atoms with Gasteiger partial charge in [0, 0.05) is 23.2 Å². The van der Waals surface area contributed by atoms with Crippen LogP contribution in [0.25, 0.3) is 0 Å². The van der Waals surface area contributed by atoms with E-state index < -0.39 is 0 Å². The summed E-state index contributed by atoms with van der Waals surface area (Å²) < 4.78 is 0. The summed E-state index contributed by atoms with van der Waals surface area (Å²) in [6.07, 6.45) is 6.36. The average molecular weight is 256 g/mol. The van der Waals surface area contributed by atoms with E-state index in [2.05, 4.69) is 35.5 Å². The molecule has 4 heteroatoms. The number of aromatic nitrogens is 1. The van der Waals surface area contributed by atoms with Crippen molar-refractivity contribution in [3.8, 4) is 0 Å². The van der Waals surface area contributed by atoms with E-state index in [0.717, 1.165) is 17.8 Å². The molecule has 1 saturated carbocycles. The number of nitrogens with zero attached hydrogens (tertiary/aromatic N) is 2. The second kappa shape index (κ2) is 5.52. The Kier molecular flexibility index (Phi) is 4.27. The van der Waals surface area contributed by atoms with Crippen LogP contribution in [-0.2, 0) is 6.54 Å². The van der Waals surface area contributed by atoms with Crippen LogP contribution in [0.2, 0.25) is 0 Å². The zero-order valence-electron chi connectivity index (χ0n) is 10.3. The molecule has 0 amide bonds. The molecular weight excluding hydrogens is 236 g/mol. The zero-order valence-corrected chi connectivity index (χ0v) is 11.9. The normalized spacial score (nSPS) is 25.5. The fourth-order valence-corrected chi connectivity index (χ4v) is 4.20. The molecule has 16 heavy (non-hydrogen) atoms. The molecule has 2 nitrogen and oxygen atoms in total. The third-order valence-electron chi connectivity index (χ3n) is 3.36. The van der Waals surface area contributed by atoms with E-state index in [1.807, 2.05) is 11.8 Å². The first-order chi connectivity index (χ1) is 7.70. The quantitative estimate of drug-likeness (QED) is 0.823. The van der Waals surface area contributed by atoms with Gasteiger partial charge in [-0.1, -0.05) is 6.42 Å². The first-order valence-electron chi connectivity index (χ1n) is 5.84. The molecule has 1 aliphatic rings. The fraction of sp³-hybridized carbons (Fsp3) is 0.750. The zero-order chi connectivity index (χ0) is 11.5. The van der Waals surface area contributed by atoms with Gasteiger partial charge in [0.25, 0.3) is 0 Å². The molecular formula is C12H20N2S2. The Labute approximate surface area is 106 Å². The summed E-state index contributed by atoms with van der Waals surface area (Å²) in [6, 6.07) is 0.747. The number of hydrogen-bond donors (Lipinski definition) is 0. The predicted octanol–water partition coefficient (Wildman–Crippen LogP) is 3.17. The van der Waals surface area contributed by atoms with Crippen LogP contribution in [0.1, 0.15) is 30.0 Å². The monoisotopic (exact) mass is 256 g/mol. The van der Waals surface area contributed by atoms with E-state index in [1.165, 1.54) is 30.0 Å². The van der Waals surface area contributed by atoms with Gasteiger partial charge in [0.2, 0.25) is 0 Å². The Morgan fingerprint density at radius 1 is 1.56 bits per heavy atom. The van der Waals surface area contributed by atoms with Crippen LogP contribution in [0.5, 0.6) is 0 Å². The molecule has 2 atom stereocenters. The number of aryl methyl sites for hydroxylation is 1. The van der Waals surface area contributed by atoms with Crippen molar-refractivity contribution >= 4 is 23.1 Å². The molecule has 1 aromatic heterocycles. The van der Waals surface area contributed by atoms with Crippen molar-refractivity contribution in [2.24, 2.45) is 0 Å². The van der Waals surface area contributed by atoms with Gasteiger partial charge in [0.15, 0.2) is 0 Å². The Balaban J connectivity index is 1.94. The van der Waals surface area contributed by atoms with E-state index in [0.29, 0.717) is 0 Å². The highest BCUT2D eigenvalue weighted by Crippen LogP contribution is 2.32. The van der Waals surface area contributed by atoms with E-state index in [9.17, 15) is 0 Å². The maximum Gasteiger partial charge on any atom is 0.0897 e. The summed E-state index contributed by atoms with van der Waals surface area (Å²) in [5, 5.41) is 4.19. The van der Waals surface area contributed by atoms with Crippen LogP contribution in [0.4, 0.5) is 0 Å².